The lowest BCUT2D eigenvalue weighted by atomic mass is 9.80. The third-order valence-corrected chi connectivity index (χ3v) is 3.43. The molecule has 0 radical (unpaired) electrons. The Balaban J connectivity index is 2.15. The fourth-order valence-electron chi connectivity index (χ4n) is 2.36. The fraction of sp³-hybridized carbons (Fsp3) is 1.00. The molecule has 1 N–H and O–H groups in total. The lowest BCUT2D eigenvalue weighted by Crippen LogP contribution is -2.37. The molecule has 0 heterocycles. The van der Waals surface area contributed by atoms with Crippen LogP contribution in [0.5, 0.6) is 0 Å². The van der Waals surface area contributed by atoms with Crippen molar-refractivity contribution >= 4 is 0 Å². The minimum Gasteiger partial charge on any atom is -0.383 e. The maximum absolute atomic E-state index is 5.11. The van der Waals surface area contributed by atoms with Crippen LogP contribution >= 0.6 is 0 Å². The van der Waals surface area contributed by atoms with Crippen molar-refractivity contribution in [2.24, 2.45) is 11.8 Å². The number of rotatable bonds is 5. The third kappa shape index (κ3) is 3.97. The Kier molecular flexibility index (Phi) is 5.49. The van der Waals surface area contributed by atoms with Crippen LogP contribution in [-0.4, -0.2) is 26.3 Å². The lowest BCUT2D eigenvalue weighted by molar-refractivity contribution is 0.162. The Morgan fingerprint density at radius 3 is 2.71 bits per heavy atom. The molecule has 1 aliphatic carbocycles. The molecule has 0 amide bonds. The normalized spacial score (nSPS) is 30.2. The fourth-order valence-corrected chi connectivity index (χ4v) is 2.36. The highest BCUT2D eigenvalue weighted by Crippen LogP contribution is 2.28. The van der Waals surface area contributed by atoms with E-state index in [2.05, 4.69) is 19.2 Å². The number of methoxy groups -OCH3 is 1. The van der Waals surface area contributed by atoms with Gasteiger partial charge in [0.15, 0.2) is 0 Å². The van der Waals surface area contributed by atoms with Crippen molar-refractivity contribution in [3.05, 3.63) is 0 Å². The third-order valence-electron chi connectivity index (χ3n) is 3.43. The van der Waals surface area contributed by atoms with Gasteiger partial charge in [-0.05, 0) is 31.7 Å². The summed E-state index contributed by atoms with van der Waals surface area (Å²) in [6.45, 7) is 6.58. The summed E-state index contributed by atoms with van der Waals surface area (Å²) in [5.41, 5.74) is 0. The van der Waals surface area contributed by atoms with E-state index >= 15 is 0 Å². The first-order chi connectivity index (χ1) is 6.74. The predicted octanol–water partition coefficient (Wildman–Crippen LogP) is 2.44. The van der Waals surface area contributed by atoms with Crippen LogP contribution in [0.25, 0.3) is 0 Å². The SMILES string of the molecule is COCC(C)NCC1CCCCC1C. The molecule has 14 heavy (non-hydrogen) atoms. The van der Waals surface area contributed by atoms with E-state index < -0.39 is 0 Å². The van der Waals surface area contributed by atoms with Gasteiger partial charge in [-0.2, -0.15) is 0 Å². The van der Waals surface area contributed by atoms with Crippen LogP contribution in [0.15, 0.2) is 0 Å². The van der Waals surface area contributed by atoms with E-state index in [1.165, 1.54) is 32.2 Å². The molecule has 0 aromatic heterocycles. The maximum atomic E-state index is 5.11. The summed E-state index contributed by atoms with van der Waals surface area (Å²) in [4.78, 5) is 0. The molecule has 3 atom stereocenters. The van der Waals surface area contributed by atoms with E-state index in [9.17, 15) is 0 Å². The van der Waals surface area contributed by atoms with Crippen molar-refractivity contribution in [3.63, 3.8) is 0 Å². The van der Waals surface area contributed by atoms with Crippen LogP contribution < -0.4 is 5.32 Å². The van der Waals surface area contributed by atoms with Crippen molar-refractivity contribution < 1.29 is 4.74 Å². The Hall–Kier alpha value is -0.0800. The first-order valence-corrected chi connectivity index (χ1v) is 5.96. The molecule has 3 unspecified atom stereocenters. The van der Waals surface area contributed by atoms with E-state index in [1.807, 2.05) is 0 Å². The quantitative estimate of drug-likeness (QED) is 0.734. The van der Waals surface area contributed by atoms with Gasteiger partial charge in [-0.3, -0.25) is 0 Å². The summed E-state index contributed by atoms with van der Waals surface area (Å²) < 4.78 is 5.11. The van der Waals surface area contributed by atoms with Crippen molar-refractivity contribution in [3.8, 4) is 0 Å². The first-order valence-electron chi connectivity index (χ1n) is 5.96. The van der Waals surface area contributed by atoms with Gasteiger partial charge in [0, 0.05) is 13.2 Å². The monoisotopic (exact) mass is 199 g/mol. The largest absolute Gasteiger partial charge is 0.383 e. The first kappa shape index (κ1) is 12.0. The summed E-state index contributed by atoms with van der Waals surface area (Å²) in [5, 5.41) is 3.56. The molecule has 0 aliphatic heterocycles. The van der Waals surface area contributed by atoms with Crippen LogP contribution in [0, 0.1) is 11.8 Å². The molecule has 1 fully saturated rings. The average molecular weight is 199 g/mol. The second-order valence-electron chi connectivity index (χ2n) is 4.79. The molecule has 1 aliphatic rings. The van der Waals surface area contributed by atoms with Gasteiger partial charge in [-0.25, -0.2) is 0 Å². The standard InChI is InChI=1S/C12H25NO/c1-10-6-4-5-7-12(10)8-13-11(2)9-14-3/h10-13H,4-9H2,1-3H3. The predicted molar refractivity (Wildman–Crippen MR) is 60.5 cm³/mol. The second-order valence-corrected chi connectivity index (χ2v) is 4.79. The summed E-state index contributed by atoms with van der Waals surface area (Å²) in [7, 11) is 1.77. The number of hydrogen-bond donors (Lipinski definition) is 1. The van der Waals surface area contributed by atoms with E-state index in [0.29, 0.717) is 6.04 Å². The van der Waals surface area contributed by atoms with E-state index in [4.69, 9.17) is 4.74 Å². The topological polar surface area (TPSA) is 21.3 Å². The molecular weight excluding hydrogens is 174 g/mol. The minimum absolute atomic E-state index is 0.495. The van der Waals surface area contributed by atoms with Gasteiger partial charge in [0.25, 0.3) is 0 Å². The lowest BCUT2D eigenvalue weighted by Gasteiger charge is -2.30. The summed E-state index contributed by atoms with van der Waals surface area (Å²) in [6.07, 6.45) is 5.69. The highest BCUT2D eigenvalue weighted by Gasteiger charge is 2.21. The molecule has 1 rings (SSSR count). The molecule has 0 spiro atoms. The van der Waals surface area contributed by atoms with E-state index in [-0.39, 0.29) is 0 Å². The van der Waals surface area contributed by atoms with Crippen LogP contribution in [0.2, 0.25) is 0 Å². The van der Waals surface area contributed by atoms with Gasteiger partial charge in [0.05, 0.1) is 6.61 Å². The molecule has 1 saturated carbocycles. The van der Waals surface area contributed by atoms with Gasteiger partial charge in [0.2, 0.25) is 0 Å². The maximum Gasteiger partial charge on any atom is 0.0613 e. The average Bonchev–Trinajstić information content (AvgIpc) is 2.17. The Bertz CT molecular complexity index is 149. The summed E-state index contributed by atoms with van der Waals surface area (Å²) in [6, 6.07) is 0.495. The second kappa shape index (κ2) is 6.41. The Labute approximate surface area is 88.4 Å². The number of ether oxygens (including phenoxy) is 1. The number of nitrogens with one attached hydrogen (secondary N) is 1. The zero-order chi connectivity index (χ0) is 10.4. The Morgan fingerprint density at radius 2 is 2.07 bits per heavy atom. The van der Waals surface area contributed by atoms with E-state index in [0.717, 1.165) is 18.4 Å². The zero-order valence-corrected chi connectivity index (χ0v) is 9.88. The zero-order valence-electron chi connectivity index (χ0n) is 9.88. The minimum atomic E-state index is 0.495. The number of hydrogen-bond acceptors (Lipinski definition) is 2. The smallest absolute Gasteiger partial charge is 0.0613 e. The van der Waals surface area contributed by atoms with Crippen LogP contribution in [0.1, 0.15) is 39.5 Å². The highest BCUT2D eigenvalue weighted by molar-refractivity contribution is 4.75. The van der Waals surface area contributed by atoms with Gasteiger partial charge < -0.3 is 10.1 Å². The molecular formula is C12H25NO. The molecule has 84 valence electrons. The highest BCUT2D eigenvalue weighted by atomic mass is 16.5. The summed E-state index contributed by atoms with van der Waals surface area (Å²) >= 11 is 0. The van der Waals surface area contributed by atoms with Gasteiger partial charge in [-0.15, -0.1) is 0 Å². The van der Waals surface area contributed by atoms with Crippen LogP contribution in [-0.2, 0) is 4.74 Å². The van der Waals surface area contributed by atoms with Crippen molar-refractivity contribution in [2.45, 2.75) is 45.6 Å². The Morgan fingerprint density at radius 1 is 1.36 bits per heavy atom. The molecule has 0 aromatic carbocycles. The van der Waals surface area contributed by atoms with Crippen molar-refractivity contribution in [1.29, 1.82) is 0 Å². The van der Waals surface area contributed by atoms with Crippen molar-refractivity contribution in [1.82, 2.24) is 5.32 Å². The van der Waals surface area contributed by atoms with Gasteiger partial charge >= 0.3 is 0 Å². The molecule has 0 bridgehead atoms. The van der Waals surface area contributed by atoms with Crippen molar-refractivity contribution in [2.75, 3.05) is 20.3 Å². The van der Waals surface area contributed by atoms with Crippen LogP contribution in [0.4, 0.5) is 0 Å². The molecule has 0 saturated heterocycles. The van der Waals surface area contributed by atoms with E-state index in [1.54, 1.807) is 7.11 Å². The van der Waals surface area contributed by atoms with Gasteiger partial charge in [0.1, 0.15) is 0 Å². The van der Waals surface area contributed by atoms with Crippen LogP contribution in [0.3, 0.4) is 0 Å². The summed E-state index contributed by atoms with van der Waals surface area (Å²) in [5.74, 6) is 1.80. The van der Waals surface area contributed by atoms with Gasteiger partial charge in [-0.1, -0.05) is 26.2 Å². The molecule has 2 nitrogen and oxygen atoms in total. The molecule has 2 heteroatoms. The molecule has 0 aromatic rings.